The third-order valence-electron chi connectivity index (χ3n) is 5.39. The maximum absolute atomic E-state index is 11.9. The molecule has 0 radical (unpaired) electrons. The average molecular weight is 397 g/mol. The van der Waals surface area contributed by atoms with Gasteiger partial charge in [-0.05, 0) is 37.1 Å². The lowest BCUT2D eigenvalue weighted by atomic mass is 9.81. The second-order valence-corrected chi connectivity index (χ2v) is 8.35. The molecule has 0 bridgehead atoms. The first kappa shape index (κ1) is 21.4. The van der Waals surface area contributed by atoms with Gasteiger partial charge in [0.05, 0.1) is 4.88 Å². The van der Waals surface area contributed by atoms with E-state index in [0.29, 0.717) is 30.6 Å². The Hall–Kier alpha value is -1.93. The van der Waals surface area contributed by atoms with Crippen LogP contribution in [-0.2, 0) is 9.59 Å². The molecule has 2 aliphatic carbocycles. The second-order valence-electron chi connectivity index (χ2n) is 7.40. The molecule has 0 saturated heterocycles. The molecule has 2 saturated carbocycles. The number of carboxylic acid groups (broad SMARTS) is 2. The first-order chi connectivity index (χ1) is 12.8. The summed E-state index contributed by atoms with van der Waals surface area (Å²) in [5.74, 6) is -2.03. The molecule has 1 aromatic rings. The molecule has 27 heavy (non-hydrogen) atoms. The van der Waals surface area contributed by atoms with Crippen molar-refractivity contribution in [3.05, 3.63) is 22.4 Å². The van der Waals surface area contributed by atoms with Gasteiger partial charge in [-0.3, -0.25) is 9.59 Å². The summed E-state index contributed by atoms with van der Waals surface area (Å²) in [6.45, 7) is 0. The highest BCUT2D eigenvalue weighted by atomic mass is 32.1. The predicted molar refractivity (Wildman–Crippen MR) is 103 cm³/mol. The van der Waals surface area contributed by atoms with Gasteiger partial charge in [0.1, 0.15) is 11.1 Å². The molecule has 0 aromatic carbocycles. The van der Waals surface area contributed by atoms with Crippen LogP contribution in [0.4, 0.5) is 0 Å². The number of carbonyl (C=O) groups is 3. The smallest absolute Gasteiger partial charge is 0.329 e. The molecule has 2 fully saturated rings. The topological polar surface area (TPSA) is 130 Å². The number of nitrogens with two attached hydrogens (primary N) is 1. The highest BCUT2D eigenvalue weighted by Crippen LogP contribution is 2.29. The Morgan fingerprint density at radius 2 is 1.48 bits per heavy atom. The lowest BCUT2D eigenvalue weighted by molar-refractivity contribution is -0.146. The number of carboxylic acids is 2. The fourth-order valence-electron chi connectivity index (χ4n) is 3.63. The SMILES string of the molecule is NC1(C(=O)O)CCCCC1.O=C(NC1(C(=O)O)CCCCC1)c1cccs1. The van der Waals surface area contributed by atoms with Gasteiger partial charge in [0.25, 0.3) is 5.91 Å². The summed E-state index contributed by atoms with van der Waals surface area (Å²) in [6.07, 6.45) is 8.15. The molecule has 0 spiro atoms. The average Bonchev–Trinajstić information content (AvgIpc) is 3.18. The minimum absolute atomic E-state index is 0.274. The normalized spacial score (nSPS) is 20.6. The Bertz CT molecular complexity index is 647. The maximum Gasteiger partial charge on any atom is 0.329 e. The number of carbonyl (C=O) groups excluding carboxylic acids is 1. The van der Waals surface area contributed by atoms with E-state index in [0.717, 1.165) is 38.5 Å². The number of hydrogen-bond donors (Lipinski definition) is 4. The molecule has 0 aliphatic heterocycles. The standard InChI is InChI=1S/C12H15NO3S.C7H13NO2/c14-10(9-5-4-8-17-9)13-12(11(15)16)6-2-1-3-7-12;8-7(6(9)10)4-2-1-3-5-7/h4-5,8H,1-3,6-7H2,(H,13,14)(H,15,16);1-5,8H2,(H,9,10). The van der Waals surface area contributed by atoms with Gasteiger partial charge in [-0.25, -0.2) is 4.79 Å². The summed E-state index contributed by atoms with van der Waals surface area (Å²) in [4.78, 5) is 34.4. The number of aliphatic carboxylic acids is 2. The number of nitrogens with one attached hydrogen (secondary N) is 1. The van der Waals surface area contributed by atoms with Gasteiger partial charge in [0.15, 0.2) is 0 Å². The predicted octanol–water partition coefficient (Wildman–Crippen LogP) is 3.00. The Morgan fingerprint density at radius 3 is 1.89 bits per heavy atom. The molecule has 1 aromatic heterocycles. The Kier molecular flexibility index (Phi) is 7.38. The van der Waals surface area contributed by atoms with Crippen molar-refractivity contribution in [2.75, 3.05) is 0 Å². The van der Waals surface area contributed by atoms with Crippen LogP contribution in [0.15, 0.2) is 17.5 Å². The zero-order chi connectivity index (χ0) is 19.9. The number of rotatable bonds is 4. The third-order valence-corrected chi connectivity index (χ3v) is 6.25. The Labute approximate surface area is 163 Å². The van der Waals surface area contributed by atoms with Gasteiger partial charge in [0, 0.05) is 0 Å². The molecule has 1 heterocycles. The van der Waals surface area contributed by atoms with Crippen LogP contribution < -0.4 is 11.1 Å². The van der Waals surface area contributed by atoms with Crippen molar-refractivity contribution in [3.8, 4) is 0 Å². The summed E-state index contributed by atoms with van der Waals surface area (Å²) in [7, 11) is 0. The van der Waals surface area contributed by atoms with E-state index < -0.39 is 23.0 Å². The van der Waals surface area contributed by atoms with Gasteiger partial charge >= 0.3 is 11.9 Å². The fourth-order valence-corrected chi connectivity index (χ4v) is 4.25. The first-order valence-electron chi connectivity index (χ1n) is 9.41. The van der Waals surface area contributed by atoms with Crippen LogP contribution in [-0.4, -0.2) is 39.1 Å². The van der Waals surface area contributed by atoms with E-state index >= 15 is 0 Å². The van der Waals surface area contributed by atoms with Crippen LogP contribution in [0.1, 0.15) is 73.9 Å². The van der Waals surface area contributed by atoms with Crippen LogP contribution in [0.3, 0.4) is 0 Å². The van der Waals surface area contributed by atoms with Crippen LogP contribution in [0.2, 0.25) is 0 Å². The molecule has 2 aliphatic rings. The van der Waals surface area contributed by atoms with E-state index in [9.17, 15) is 19.5 Å². The molecule has 0 atom stereocenters. The van der Waals surface area contributed by atoms with Crippen molar-refractivity contribution < 1.29 is 24.6 Å². The summed E-state index contributed by atoms with van der Waals surface area (Å²) in [5.41, 5.74) is 3.64. The van der Waals surface area contributed by atoms with E-state index in [1.165, 1.54) is 11.3 Å². The van der Waals surface area contributed by atoms with Crippen molar-refractivity contribution in [1.82, 2.24) is 5.32 Å². The Balaban J connectivity index is 0.000000223. The van der Waals surface area contributed by atoms with E-state index in [1.54, 1.807) is 12.1 Å². The summed E-state index contributed by atoms with van der Waals surface area (Å²) in [6, 6.07) is 3.49. The first-order valence-corrected chi connectivity index (χ1v) is 10.3. The molecular formula is C19H28N2O5S. The van der Waals surface area contributed by atoms with Gasteiger partial charge in [0.2, 0.25) is 0 Å². The van der Waals surface area contributed by atoms with Gasteiger partial charge in [-0.1, -0.05) is 44.6 Å². The van der Waals surface area contributed by atoms with E-state index in [4.69, 9.17) is 10.8 Å². The molecule has 3 rings (SSSR count). The van der Waals surface area contributed by atoms with Gasteiger partial charge in [-0.2, -0.15) is 0 Å². The largest absolute Gasteiger partial charge is 0.480 e. The molecule has 5 N–H and O–H groups in total. The third kappa shape index (κ3) is 5.52. The quantitative estimate of drug-likeness (QED) is 0.619. The lowest BCUT2D eigenvalue weighted by Gasteiger charge is -2.33. The highest BCUT2D eigenvalue weighted by molar-refractivity contribution is 7.12. The Morgan fingerprint density at radius 1 is 0.926 bits per heavy atom. The van der Waals surface area contributed by atoms with Crippen LogP contribution in [0.25, 0.3) is 0 Å². The zero-order valence-corrected chi connectivity index (χ0v) is 16.2. The van der Waals surface area contributed by atoms with Crippen molar-refractivity contribution in [2.24, 2.45) is 5.73 Å². The van der Waals surface area contributed by atoms with E-state index in [1.807, 2.05) is 5.38 Å². The molecule has 8 heteroatoms. The fraction of sp³-hybridized carbons (Fsp3) is 0.632. The number of amides is 1. The summed E-state index contributed by atoms with van der Waals surface area (Å²) in [5, 5.41) is 22.5. The molecule has 7 nitrogen and oxygen atoms in total. The lowest BCUT2D eigenvalue weighted by Crippen LogP contribution is -2.55. The minimum Gasteiger partial charge on any atom is -0.480 e. The maximum atomic E-state index is 11.9. The summed E-state index contributed by atoms with van der Waals surface area (Å²) >= 11 is 1.33. The number of thiophene rings is 1. The molecule has 0 unspecified atom stereocenters. The van der Waals surface area contributed by atoms with Crippen molar-refractivity contribution in [2.45, 2.75) is 75.3 Å². The second kappa shape index (κ2) is 9.32. The van der Waals surface area contributed by atoms with Crippen molar-refractivity contribution in [3.63, 3.8) is 0 Å². The van der Waals surface area contributed by atoms with Gasteiger partial charge in [-0.15, -0.1) is 11.3 Å². The van der Waals surface area contributed by atoms with Crippen molar-refractivity contribution >= 4 is 29.2 Å². The molecular weight excluding hydrogens is 368 g/mol. The van der Waals surface area contributed by atoms with Crippen LogP contribution >= 0.6 is 11.3 Å². The molecule has 1 amide bonds. The number of hydrogen-bond acceptors (Lipinski definition) is 5. The van der Waals surface area contributed by atoms with E-state index in [-0.39, 0.29) is 5.91 Å². The van der Waals surface area contributed by atoms with E-state index in [2.05, 4.69) is 5.32 Å². The van der Waals surface area contributed by atoms with Crippen LogP contribution in [0, 0.1) is 0 Å². The minimum atomic E-state index is -1.06. The monoisotopic (exact) mass is 396 g/mol. The van der Waals surface area contributed by atoms with Gasteiger partial charge < -0.3 is 21.3 Å². The highest BCUT2D eigenvalue weighted by Gasteiger charge is 2.41. The zero-order valence-electron chi connectivity index (χ0n) is 15.4. The van der Waals surface area contributed by atoms with Crippen LogP contribution in [0.5, 0.6) is 0 Å². The summed E-state index contributed by atoms with van der Waals surface area (Å²) < 4.78 is 0. The van der Waals surface area contributed by atoms with Crippen molar-refractivity contribution in [1.29, 1.82) is 0 Å². The molecule has 150 valence electrons.